The van der Waals surface area contributed by atoms with Gasteiger partial charge in [0.25, 0.3) is 0 Å². The number of aliphatic hydroxyl groups is 2. The van der Waals surface area contributed by atoms with Gasteiger partial charge in [-0.3, -0.25) is 0 Å². The van der Waals surface area contributed by atoms with E-state index in [1.807, 2.05) is 30.3 Å². The normalized spacial score (nSPS) is 43.6. The average molecular weight is 545 g/mol. The van der Waals surface area contributed by atoms with E-state index in [4.69, 9.17) is 0 Å². The summed E-state index contributed by atoms with van der Waals surface area (Å²) >= 11 is 0. The molecular weight excluding hydrogens is 492 g/mol. The average Bonchev–Trinajstić information content (AvgIpc) is 3.23. The summed E-state index contributed by atoms with van der Waals surface area (Å²) in [6, 6.07) is 9.54. The number of hydrogen-bond acceptors (Lipinski definition) is 4. The van der Waals surface area contributed by atoms with Crippen LogP contribution in [0.2, 0.25) is 0 Å². The Kier molecular flexibility index (Phi) is 8.15. The zero-order valence-corrected chi connectivity index (χ0v) is 25.0. The van der Waals surface area contributed by atoms with Crippen LogP contribution in [-0.4, -0.2) is 36.6 Å². The fourth-order valence-electron chi connectivity index (χ4n) is 10.7. The molecule has 38 heavy (non-hydrogen) atoms. The molecule has 4 aliphatic rings. The van der Waals surface area contributed by atoms with Gasteiger partial charge in [0.2, 0.25) is 0 Å². The summed E-state index contributed by atoms with van der Waals surface area (Å²) in [7, 11) is -3.10. The molecule has 4 saturated carbocycles. The van der Waals surface area contributed by atoms with E-state index in [1.54, 1.807) is 0 Å². The first-order valence-electron chi connectivity index (χ1n) is 15.6. The van der Waals surface area contributed by atoms with E-state index in [0.717, 1.165) is 44.1 Å². The van der Waals surface area contributed by atoms with Crippen molar-refractivity contribution in [3.63, 3.8) is 0 Å². The number of hydrogen-bond donors (Lipinski definition) is 2. The Hall–Kier alpha value is -0.910. The van der Waals surface area contributed by atoms with Gasteiger partial charge in [0, 0.05) is 0 Å². The summed E-state index contributed by atoms with van der Waals surface area (Å²) < 4.78 is 25.5. The Morgan fingerprint density at radius 1 is 0.947 bits per heavy atom. The standard InChI is InChI=1S/C33H52O4S/c1-5-25-29-20-24(34)15-17-33(29,4)28-16-18-32(3)26(13-14-27(32)30(28)31(25)35)22(2)10-9-19-38(36,37)21-23-11-7-6-8-12-23/h6-8,11-12,22,24-31,34-35H,5,9-10,13-21H2,1-4H3/t22-,24-,25-,26?,27+,28+,29?,30+,31-,32?,33?/m1/s1. The molecule has 0 amide bonds. The fraction of sp³-hybridized carbons (Fsp3) is 0.818. The molecule has 1 aromatic carbocycles. The molecule has 4 unspecified atom stereocenters. The molecular formula is C33H52O4S. The van der Waals surface area contributed by atoms with Crippen molar-refractivity contribution in [2.45, 2.75) is 110 Å². The Balaban J connectivity index is 1.26. The lowest BCUT2D eigenvalue weighted by Crippen LogP contribution is -2.62. The van der Waals surface area contributed by atoms with Crippen molar-refractivity contribution in [1.29, 1.82) is 0 Å². The second-order valence-corrected chi connectivity index (χ2v) is 16.5. The molecule has 0 saturated heterocycles. The molecule has 5 rings (SSSR count). The van der Waals surface area contributed by atoms with Gasteiger partial charge in [-0.1, -0.05) is 64.4 Å². The van der Waals surface area contributed by atoms with Crippen molar-refractivity contribution in [3.8, 4) is 0 Å². The van der Waals surface area contributed by atoms with Gasteiger partial charge in [0.15, 0.2) is 9.84 Å². The summed E-state index contributed by atoms with van der Waals surface area (Å²) in [4.78, 5) is 0. The highest BCUT2D eigenvalue weighted by molar-refractivity contribution is 7.90. The van der Waals surface area contributed by atoms with Crippen LogP contribution < -0.4 is 0 Å². The van der Waals surface area contributed by atoms with Gasteiger partial charge in [-0.05, 0) is 116 Å². The molecule has 1 aromatic rings. The van der Waals surface area contributed by atoms with Gasteiger partial charge in [-0.25, -0.2) is 8.42 Å². The molecule has 0 bridgehead atoms. The maximum atomic E-state index is 12.8. The van der Waals surface area contributed by atoms with Gasteiger partial charge >= 0.3 is 0 Å². The minimum atomic E-state index is -3.10. The van der Waals surface area contributed by atoms with Crippen LogP contribution in [0.3, 0.4) is 0 Å². The topological polar surface area (TPSA) is 74.6 Å². The highest BCUT2D eigenvalue weighted by Gasteiger charge is 2.64. The number of aliphatic hydroxyl groups excluding tert-OH is 2. The van der Waals surface area contributed by atoms with Crippen molar-refractivity contribution < 1.29 is 18.6 Å². The monoisotopic (exact) mass is 544 g/mol. The smallest absolute Gasteiger partial charge is 0.154 e. The second-order valence-electron chi connectivity index (χ2n) is 14.3. The van der Waals surface area contributed by atoms with Crippen molar-refractivity contribution >= 4 is 9.84 Å². The van der Waals surface area contributed by atoms with Gasteiger partial charge in [0.05, 0.1) is 23.7 Å². The van der Waals surface area contributed by atoms with Crippen LogP contribution >= 0.6 is 0 Å². The van der Waals surface area contributed by atoms with Crippen LogP contribution in [-0.2, 0) is 15.6 Å². The third-order valence-electron chi connectivity index (χ3n) is 12.5. The molecule has 5 heteroatoms. The predicted molar refractivity (Wildman–Crippen MR) is 154 cm³/mol. The van der Waals surface area contributed by atoms with E-state index >= 15 is 0 Å². The van der Waals surface area contributed by atoms with E-state index in [2.05, 4.69) is 27.7 Å². The maximum absolute atomic E-state index is 12.8. The van der Waals surface area contributed by atoms with Crippen molar-refractivity contribution in [2.24, 2.45) is 52.3 Å². The molecule has 4 nitrogen and oxygen atoms in total. The summed E-state index contributed by atoms with van der Waals surface area (Å²) in [5, 5.41) is 22.4. The van der Waals surface area contributed by atoms with Crippen LogP contribution in [0.15, 0.2) is 30.3 Å². The first-order chi connectivity index (χ1) is 18.0. The lowest BCUT2D eigenvalue weighted by atomic mass is 9.41. The Morgan fingerprint density at radius 2 is 1.63 bits per heavy atom. The molecule has 4 fully saturated rings. The Labute approximate surface area is 231 Å². The summed E-state index contributed by atoms with van der Waals surface area (Å²) in [5.74, 6) is 3.75. The van der Waals surface area contributed by atoms with Crippen molar-refractivity contribution in [1.82, 2.24) is 0 Å². The fourth-order valence-corrected chi connectivity index (χ4v) is 12.1. The van der Waals surface area contributed by atoms with E-state index in [1.165, 1.54) is 25.7 Å². The first kappa shape index (κ1) is 28.6. The molecule has 2 N–H and O–H groups in total. The zero-order valence-electron chi connectivity index (χ0n) is 24.2. The van der Waals surface area contributed by atoms with Gasteiger partial charge in [-0.2, -0.15) is 0 Å². The zero-order chi connectivity index (χ0) is 27.3. The highest BCUT2D eigenvalue weighted by atomic mass is 32.2. The Bertz CT molecular complexity index is 1060. The summed E-state index contributed by atoms with van der Waals surface area (Å²) in [6.07, 6.45) is 9.97. The van der Waals surface area contributed by atoms with Crippen molar-refractivity contribution in [2.75, 3.05) is 5.75 Å². The summed E-state index contributed by atoms with van der Waals surface area (Å²) in [5.41, 5.74) is 1.35. The first-order valence-corrected chi connectivity index (χ1v) is 17.4. The summed E-state index contributed by atoms with van der Waals surface area (Å²) in [6.45, 7) is 9.62. The van der Waals surface area contributed by atoms with Crippen LogP contribution in [0.5, 0.6) is 0 Å². The number of fused-ring (bicyclic) bond motifs is 5. The van der Waals surface area contributed by atoms with Crippen LogP contribution in [0.25, 0.3) is 0 Å². The van der Waals surface area contributed by atoms with Crippen LogP contribution in [0, 0.1) is 52.3 Å². The van der Waals surface area contributed by atoms with E-state index in [9.17, 15) is 18.6 Å². The lowest BCUT2D eigenvalue weighted by Gasteiger charge is -2.64. The molecule has 11 atom stereocenters. The molecule has 0 aliphatic heterocycles. The highest BCUT2D eigenvalue weighted by Crippen LogP contribution is 2.69. The van der Waals surface area contributed by atoms with Gasteiger partial charge in [0.1, 0.15) is 0 Å². The molecule has 0 aromatic heterocycles. The molecule has 214 valence electrons. The van der Waals surface area contributed by atoms with Gasteiger partial charge in [-0.15, -0.1) is 0 Å². The minimum Gasteiger partial charge on any atom is -0.393 e. The van der Waals surface area contributed by atoms with E-state index < -0.39 is 9.84 Å². The second kappa shape index (κ2) is 10.8. The molecule has 0 spiro atoms. The SMILES string of the molecule is CC[C@@H]1C2C[C@H](O)CCC2(C)[C@H]2CCC3(C)C([C@H](C)CCCS(=O)(=O)Cc4ccccc4)CC[C@H]3[C@@H]2[C@@H]1O. The largest absolute Gasteiger partial charge is 0.393 e. The van der Waals surface area contributed by atoms with E-state index in [0.29, 0.717) is 41.4 Å². The maximum Gasteiger partial charge on any atom is 0.154 e. The number of benzene rings is 1. The third kappa shape index (κ3) is 5.02. The number of sulfone groups is 1. The molecule has 0 heterocycles. The molecule has 4 aliphatic carbocycles. The van der Waals surface area contributed by atoms with Gasteiger partial charge < -0.3 is 10.2 Å². The lowest BCUT2D eigenvalue weighted by molar-refractivity contribution is -0.203. The number of rotatable bonds is 8. The van der Waals surface area contributed by atoms with Crippen molar-refractivity contribution in [3.05, 3.63) is 35.9 Å². The van der Waals surface area contributed by atoms with Crippen LogP contribution in [0.4, 0.5) is 0 Å². The third-order valence-corrected chi connectivity index (χ3v) is 14.2. The van der Waals surface area contributed by atoms with Crippen LogP contribution in [0.1, 0.15) is 97.5 Å². The quantitative estimate of drug-likeness (QED) is 0.384. The minimum absolute atomic E-state index is 0.141. The molecule has 0 radical (unpaired) electrons. The predicted octanol–water partition coefficient (Wildman–Crippen LogP) is 6.64. The Morgan fingerprint density at radius 3 is 2.34 bits per heavy atom. The van der Waals surface area contributed by atoms with E-state index in [-0.39, 0.29) is 34.5 Å².